The molecule has 1 heterocycles. The summed E-state index contributed by atoms with van der Waals surface area (Å²) < 4.78 is 0. The minimum atomic E-state index is -0.915. The fourth-order valence-corrected chi connectivity index (χ4v) is 1.79. The molecule has 0 aromatic heterocycles. The summed E-state index contributed by atoms with van der Waals surface area (Å²) in [6.45, 7) is 0.177. The number of aliphatic hydroxyl groups is 2. The minimum absolute atomic E-state index is 0.0884. The molecule has 1 fully saturated rings. The molecule has 0 spiro atoms. The van der Waals surface area contributed by atoms with Crippen molar-refractivity contribution < 1.29 is 20.1 Å². The lowest BCUT2D eigenvalue weighted by Crippen LogP contribution is -2.29. The Labute approximate surface area is 97.9 Å². The Morgan fingerprint density at radius 1 is 1.29 bits per heavy atom. The van der Waals surface area contributed by atoms with E-state index in [1.807, 2.05) is 0 Å². The Hall–Kier alpha value is -1.79. The predicted molar refractivity (Wildman–Crippen MR) is 60.4 cm³/mol. The molecule has 92 valence electrons. The zero-order chi connectivity index (χ0) is 12.6. The van der Waals surface area contributed by atoms with Crippen molar-refractivity contribution in [3.63, 3.8) is 0 Å². The molecule has 0 saturated carbocycles. The van der Waals surface area contributed by atoms with Gasteiger partial charge in [-0.05, 0) is 18.2 Å². The highest BCUT2D eigenvalue weighted by Gasteiger charge is 2.33. The fraction of sp³-hybridized carbons (Fsp3) is 0.364. The molecule has 2 atom stereocenters. The Morgan fingerprint density at radius 2 is 1.88 bits per heavy atom. The SMILES string of the molecule is Nc1ccc(C(=O)N2CC(O)C(O)C2)cc1O. The number of nitrogens with zero attached hydrogens (tertiary/aromatic N) is 1. The van der Waals surface area contributed by atoms with Crippen molar-refractivity contribution in [1.82, 2.24) is 4.90 Å². The first-order valence-electron chi connectivity index (χ1n) is 5.23. The molecular formula is C11H14N2O4. The van der Waals surface area contributed by atoms with Crippen LogP contribution in [0.15, 0.2) is 18.2 Å². The van der Waals surface area contributed by atoms with Gasteiger partial charge in [0.05, 0.1) is 17.9 Å². The molecule has 0 bridgehead atoms. The van der Waals surface area contributed by atoms with E-state index in [1.54, 1.807) is 0 Å². The average Bonchev–Trinajstić information content (AvgIpc) is 2.62. The number of carbonyl (C=O) groups is 1. The van der Waals surface area contributed by atoms with Crippen LogP contribution in [0.4, 0.5) is 5.69 Å². The van der Waals surface area contributed by atoms with E-state index in [2.05, 4.69) is 0 Å². The van der Waals surface area contributed by atoms with Crippen molar-refractivity contribution in [2.75, 3.05) is 18.8 Å². The maximum atomic E-state index is 12.0. The van der Waals surface area contributed by atoms with Gasteiger partial charge < -0.3 is 26.0 Å². The van der Waals surface area contributed by atoms with Crippen molar-refractivity contribution in [3.8, 4) is 5.75 Å². The van der Waals surface area contributed by atoms with Crippen LogP contribution >= 0.6 is 0 Å². The van der Waals surface area contributed by atoms with Crippen LogP contribution in [0.2, 0.25) is 0 Å². The van der Waals surface area contributed by atoms with Gasteiger partial charge in [0, 0.05) is 18.7 Å². The first-order valence-corrected chi connectivity index (χ1v) is 5.23. The number of nitrogen functional groups attached to an aromatic ring is 1. The van der Waals surface area contributed by atoms with Gasteiger partial charge in [-0.2, -0.15) is 0 Å². The number of hydrogen-bond acceptors (Lipinski definition) is 5. The second-order valence-corrected chi connectivity index (χ2v) is 4.12. The summed E-state index contributed by atoms with van der Waals surface area (Å²) in [5.41, 5.74) is 5.90. The topological polar surface area (TPSA) is 107 Å². The number of rotatable bonds is 1. The average molecular weight is 238 g/mol. The second kappa shape index (κ2) is 4.23. The number of aromatic hydroxyl groups is 1. The molecule has 2 rings (SSSR count). The van der Waals surface area contributed by atoms with Crippen LogP contribution in [-0.4, -0.2) is 51.4 Å². The fourth-order valence-electron chi connectivity index (χ4n) is 1.79. The van der Waals surface area contributed by atoms with Crippen LogP contribution in [0.3, 0.4) is 0 Å². The van der Waals surface area contributed by atoms with Crippen LogP contribution in [-0.2, 0) is 0 Å². The summed E-state index contributed by atoms with van der Waals surface area (Å²) in [6, 6.07) is 4.20. The van der Waals surface area contributed by atoms with E-state index in [9.17, 15) is 20.1 Å². The molecule has 2 unspecified atom stereocenters. The summed E-state index contributed by atoms with van der Waals surface area (Å²) in [5.74, 6) is -0.507. The lowest BCUT2D eigenvalue weighted by molar-refractivity contribution is 0.0572. The molecule has 5 N–H and O–H groups in total. The Balaban J connectivity index is 2.17. The number of likely N-dealkylation sites (tertiary alicyclic amines) is 1. The van der Waals surface area contributed by atoms with Crippen LogP contribution in [0.1, 0.15) is 10.4 Å². The number of nitrogens with two attached hydrogens (primary N) is 1. The Bertz CT molecular complexity index is 439. The molecule has 1 aliphatic rings. The van der Waals surface area contributed by atoms with Crippen molar-refractivity contribution in [2.45, 2.75) is 12.2 Å². The summed E-state index contributed by atoms with van der Waals surface area (Å²) in [6.07, 6.45) is -1.83. The third-order valence-corrected chi connectivity index (χ3v) is 2.82. The van der Waals surface area contributed by atoms with E-state index >= 15 is 0 Å². The first-order chi connectivity index (χ1) is 7.99. The Morgan fingerprint density at radius 3 is 2.41 bits per heavy atom. The second-order valence-electron chi connectivity index (χ2n) is 4.12. The first kappa shape index (κ1) is 11.7. The molecular weight excluding hydrogens is 224 g/mol. The van der Waals surface area contributed by atoms with Gasteiger partial charge in [-0.1, -0.05) is 0 Å². The van der Waals surface area contributed by atoms with Gasteiger partial charge in [-0.15, -0.1) is 0 Å². The molecule has 17 heavy (non-hydrogen) atoms. The number of hydrogen-bond donors (Lipinski definition) is 4. The lowest BCUT2D eigenvalue weighted by atomic mass is 10.1. The van der Waals surface area contributed by atoms with Gasteiger partial charge in [-0.25, -0.2) is 0 Å². The minimum Gasteiger partial charge on any atom is -0.506 e. The number of anilines is 1. The highest BCUT2D eigenvalue weighted by molar-refractivity contribution is 5.95. The third kappa shape index (κ3) is 2.17. The summed E-state index contributed by atoms with van der Waals surface area (Å²) in [4.78, 5) is 13.3. The molecule has 6 heteroatoms. The van der Waals surface area contributed by atoms with Crippen LogP contribution < -0.4 is 5.73 Å². The highest BCUT2D eigenvalue weighted by Crippen LogP contribution is 2.22. The number of aliphatic hydroxyl groups excluding tert-OH is 2. The highest BCUT2D eigenvalue weighted by atomic mass is 16.3. The van der Waals surface area contributed by atoms with Gasteiger partial charge >= 0.3 is 0 Å². The van der Waals surface area contributed by atoms with Gasteiger partial charge in [0.1, 0.15) is 5.75 Å². The predicted octanol–water partition coefficient (Wildman–Crippen LogP) is -0.848. The van der Waals surface area contributed by atoms with Crippen LogP contribution in [0, 0.1) is 0 Å². The van der Waals surface area contributed by atoms with Gasteiger partial charge in [0.15, 0.2) is 0 Å². The quantitative estimate of drug-likeness (QED) is 0.376. The summed E-state index contributed by atoms with van der Waals surface area (Å²) in [5, 5.41) is 28.1. The van der Waals surface area contributed by atoms with Crippen molar-refractivity contribution >= 4 is 11.6 Å². The maximum absolute atomic E-state index is 12.0. The smallest absolute Gasteiger partial charge is 0.254 e. The standard InChI is InChI=1S/C11H14N2O4/c12-7-2-1-6(3-8(7)14)11(17)13-4-9(15)10(16)5-13/h1-3,9-10,14-16H,4-5,12H2. The van der Waals surface area contributed by atoms with E-state index in [4.69, 9.17) is 5.73 Å². The van der Waals surface area contributed by atoms with Crippen molar-refractivity contribution in [1.29, 1.82) is 0 Å². The monoisotopic (exact) mass is 238 g/mol. The van der Waals surface area contributed by atoms with Gasteiger partial charge in [-0.3, -0.25) is 4.79 Å². The largest absolute Gasteiger partial charge is 0.506 e. The van der Waals surface area contributed by atoms with Crippen molar-refractivity contribution in [3.05, 3.63) is 23.8 Å². The number of carbonyl (C=O) groups excluding carboxylic acids is 1. The molecule has 1 aromatic rings. The van der Waals surface area contributed by atoms with E-state index < -0.39 is 12.2 Å². The molecule has 0 radical (unpaired) electrons. The Kier molecular flexibility index (Phi) is 2.91. The number of benzene rings is 1. The van der Waals surface area contributed by atoms with Gasteiger partial charge in [0.2, 0.25) is 0 Å². The molecule has 1 aliphatic heterocycles. The summed E-state index contributed by atoms with van der Waals surface area (Å²) >= 11 is 0. The number of amides is 1. The van der Waals surface area contributed by atoms with E-state index in [0.717, 1.165) is 0 Å². The molecule has 1 aromatic carbocycles. The molecule has 1 saturated heterocycles. The van der Waals surface area contributed by atoms with E-state index in [-0.39, 0.29) is 36.0 Å². The molecule has 1 amide bonds. The lowest BCUT2D eigenvalue weighted by Gasteiger charge is -2.15. The normalized spacial score (nSPS) is 24.0. The summed E-state index contributed by atoms with van der Waals surface area (Å²) in [7, 11) is 0. The number of phenols is 1. The number of β-amino-alcohol motifs (C(OH)–C–C–N with tert-alkyl or cyclic N) is 2. The van der Waals surface area contributed by atoms with Crippen molar-refractivity contribution in [2.24, 2.45) is 0 Å². The zero-order valence-corrected chi connectivity index (χ0v) is 9.08. The zero-order valence-electron chi connectivity index (χ0n) is 9.08. The van der Waals surface area contributed by atoms with E-state index in [1.165, 1.54) is 23.1 Å². The number of phenolic OH excluding ortho intramolecular Hbond substituents is 1. The van der Waals surface area contributed by atoms with Gasteiger partial charge in [0.25, 0.3) is 5.91 Å². The van der Waals surface area contributed by atoms with E-state index in [0.29, 0.717) is 0 Å². The molecule has 0 aliphatic carbocycles. The molecule has 6 nitrogen and oxygen atoms in total. The van der Waals surface area contributed by atoms with Crippen LogP contribution in [0.25, 0.3) is 0 Å². The third-order valence-electron chi connectivity index (χ3n) is 2.82. The maximum Gasteiger partial charge on any atom is 0.254 e. The van der Waals surface area contributed by atoms with Crippen LogP contribution in [0.5, 0.6) is 5.75 Å².